The standard InChI is InChI=1S/C20H26BrN6O8P/c1-12-9-27(20(29)23-19(12)28)18-8-16(24-26-22)17(34-18)11-33-36(30,25-13(2)10-32-31-3)35-15-6-4-14(21)5-7-15/h4-7,9,13,16-18H,8,10-11H2,1-3H3,(H,25,30)(H,23,28,29). The van der Waals surface area contributed by atoms with Crippen molar-refractivity contribution >= 4 is 23.7 Å². The van der Waals surface area contributed by atoms with E-state index in [4.69, 9.17) is 24.2 Å². The Labute approximate surface area is 214 Å². The van der Waals surface area contributed by atoms with Crippen molar-refractivity contribution in [3.05, 3.63) is 71.8 Å². The van der Waals surface area contributed by atoms with Crippen LogP contribution in [-0.4, -0.2) is 48.1 Å². The van der Waals surface area contributed by atoms with Crippen LogP contribution in [0.4, 0.5) is 0 Å². The number of hydrogen-bond acceptors (Lipinski definition) is 9. The third-order valence-corrected chi connectivity index (χ3v) is 7.35. The summed E-state index contributed by atoms with van der Waals surface area (Å²) in [4.78, 5) is 38.5. The fraction of sp³-hybridized carbons (Fsp3) is 0.500. The number of halogens is 1. The lowest BCUT2D eigenvalue weighted by Gasteiger charge is -2.25. The summed E-state index contributed by atoms with van der Waals surface area (Å²) in [5.41, 5.74) is 8.13. The molecule has 0 aliphatic carbocycles. The summed E-state index contributed by atoms with van der Waals surface area (Å²) in [6.45, 7) is 2.99. The third kappa shape index (κ3) is 7.51. The molecule has 0 saturated carbocycles. The number of rotatable bonds is 12. The molecular formula is C20H26BrN6O8P. The lowest BCUT2D eigenvalue weighted by atomic mass is 10.1. The van der Waals surface area contributed by atoms with Crippen molar-refractivity contribution in [2.75, 3.05) is 20.3 Å². The lowest BCUT2D eigenvalue weighted by Crippen LogP contribution is -2.34. The maximum atomic E-state index is 13.6. The van der Waals surface area contributed by atoms with Gasteiger partial charge in [-0.2, -0.15) is 0 Å². The van der Waals surface area contributed by atoms with Crippen molar-refractivity contribution in [2.24, 2.45) is 5.11 Å². The van der Waals surface area contributed by atoms with Gasteiger partial charge in [-0.1, -0.05) is 21.0 Å². The zero-order valence-corrected chi connectivity index (χ0v) is 22.2. The SMILES string of the molecule is COOCC(C)NP(=O)(OCC1OC(n2cc(C)c(=O)[nH]c2=O)CC1N=[N+]=[N-])Oc1ccc(Br)cc1. The second-order valence-corrected chi connectivity index (χ2v) is 10.5. The summed E-state index contributed by atoms with van der Waals surface area (Å²) in [5, 5.41) is 6.51. The number of hydrogen-bond donors (Lipinski definition) is 2. The van der Waals surface area contributed by atoms with Gasteiger partial charge in [0.1, 0.15) is 12.0 Å². The molecule has 14 nitrogen and oxygen atoms in total. The Bertz CT molecular complexity index is 1250. The van der Waals surface area contributed by atoms with Crippen LogP contribution in [0.2, 0.25) is 0 Å². The molecule has 3 rings (SSSR count). The van der Waals surface area contributed by atoms with Crippen LogP contribution in [0.5, 0.6) is 5.75 Å². The second-order valence-electron chi connectivity index (χ2n) is 7.94. The number of ether oxygens (including phenoxy) is 1. The van der Waals surface area contributed by atoms with Crippen LogP contribution < -0.4 is 20.9 Å². The van der Waals surface area contributed by atoms with E-state index < -0.39 is 43.4 Å². The Morgan fingerprint density at radius 1 is 1.39 bits per heavy atom. The van der Waals surface area contributed by atoms with Crippen molar-refractivity contribution < 1.29 is 28.1 Å². The molecule has 1 aromatic heterocycles. The maximum absolute atomic E-state index is 13.6. The molecule has 5 atom stereocenters. The highest BCUT2D eigenvalue weighted by molar-refractivity contribution is 9.10. The van der Waals surface area contributed by atoms with Crippen LogP contribution in [0.15, 0.2) is 49.6 Å². The number of aromatic nitrogens is 2. The van der Waals surface area contributed by atoms with Crippen LogP contribution in [0.25, 0.3) is 10.4 Å². The highest BCUT2D eigenvalue weighted by atomic mass is 79.9. The van der Waals surface area contributed by atoms with E-state index in [0.717, 1.165) is 4.47 Å². The molecule has 1 saturated heterocycles. The van der Waals surface area contributed by atoms with Gasteiger partial charge < -0.3 is 9.26 Å². The van der Waals surface area contributed by atoms with Crippen LogP contribution in [0.1, 0.15) is 25.1 Å². The third-order valence-electron chi connectivity index (χ3n) is 5.12. The lowest BCUT2D eigenvalue weighted by molar-refractivity contribution is -0.274. The van der Waals surface area contributed by atoms with Gasteiger partial charge in [0.05, 0.1) is 32.5 Å². The minimum absolute atomic E-state index is 0.0470. The van der Waals surface area contributed by atoms with Crippen molar-refractivity contribution in [1.82, 2.24) is 14.6 Å². The molecule has 2 N–H and O–H groups in total. The first-order valence-corrected chi connectivity index (χ1v) is 13.1. The summed E-state index contributed by atoms with van der Waals surface area (Å²) in [6.07, 6.45) is -0.208. The quantitative estimate of drug-likeness (QED) is 0.0938. The average molecular weight is 589 g/mol. The summed E-state index contributed by atoms with van der Waals surface area (Å²) in [7, 11) is -2.65. The number of nitrogens with zero attached hydrogens (tertiary/aromatic N) is 4. The van der Waals surface area contributed by atoms with Gasteiger partial charge in [0, 0.05) is 33.6 Å². The number of H-pyrrole nitrogens is 1. The molecule has 16 heteroatoms. The molecule has 0 amide bonds. The summed E-state index contributed by atoms with van der Waals surface area (Å²) >= 11 is 3.33. The van der Waals surface area contributed by atoms with E-state index >= 15 is 0 Å². The molecule has 36 heavy (non-hydrogen) atoms. The number of aromatic amines is 1. The summed E-state index contributed by atoms with van der Waals surface area (Å²) in [6, 6.07) is 5.39. The molecule has 0 spiro atoms. The Balaban J connectivity index is 1.79. The van der Waals surface area contributed by atoms with Gasteiger partial charge in [-0.05, 0) is 43.6 Å². The van der Waals surface area contributed by atoms with Gasteiger partial charge in [0.15, 0.2) is 0 Å². The molecule has 196 valence electrons. The molecule has 1 aromatic carbocycles. The molecule has 5 unspecified atom stereocenters. The Morgan fingerprint density at radius 3 is 2.78 bits per heavy atom. The average Bonchev–Trinajstić information content (AvgIpc) is 3.23. The van der Waals surface area contributed by atoms with E-state index in [1.165, 1.54) is 17.9 Å². The molecule has 0 bridgehead atoms. The van der Waals surface area contributed by atoms with Crippen LogP contribution in [-0.2, 0) is 23.6 Å². The fourth-order valence-electron chi connectivity index (χ4n) is 3.40. The molecule has 1 aliphatic heterocycles. The van der Waals surface area contributed by atoms with Gasteiger partial charge in [0.2, 0.25) is 0 Å². The number of benzene rings is 1. The first kappa shape index (κ1) is 28.1. The monoisotopic (exact) mass is 588 g/mol. The van der Waals surface area contributed by atoms with E-state index in [-0.39, 0.29) is 25.4 Å². The minimum Gasteiger partial charge on any atom is -0.413 e. The molecule has 2 heterocycles. The van der Waals surface area contributed by atoms with E-state index in [1.807, 2.05) is 0 Å². The number of aryl methyl sites for hydroxylation is 1. The first-order valence-electron chi connectivity index (χ1n) is 10.8. The molecule has 1 fully saturated rings. The van der Waals surface area contributed by atoms with E-state index in [9.17, 15) is 14.2 Å². The number of nitrogens with one attached hydrogen (secondary N) is 2. The predicted octanol–water partition coefficient (Wildman–Crippen LogP) is 3.33. The van der Waals surface area contributed by atoms with Crippen molar-refractivity contribution in [1.29, 1.82) is 0 Å². The van der Waals surface area contributed by atoms with Gasteiger partial charge >= 0.3 is 13.4 Å². The summed E-state index contributed by atoms with van der Waals surface area (Å²) < 4.78 is 32.9. The Morgan fingerprint density at radius 2 is 2.11 bits per heavy atom. The highest BCUT2D eigenvalue weighted by Gasteiger charge is 2.39. The normalized spacial score (nSPS) is 21.9. The Kier molecular flexibility index (Phi) is 9.88. The van der Waals surface area contributed by atoms with Crippen molar-refractivity contribution in [3.8, 4) is 5.75 Å². The molecule has 0 radical (unpaired) electrons. The van der Waals surface area contributed by atoms with E-state index in [0.29, 0.717) is 5.56 Å². The summed E-state index contributed by atoms with van der Waals surface area (Å²) in [5.74, 6) is 0.279. The second kappa shape index (κ2) is 12.7. The molecule has 2 aromatic rings. The maximum Gasteiger partial charge on any atom is 0.459 e. The van der Waals surface area contributed by atoms with Crippen molar-refractivity contribution in [3.63, 3.8) is 0 Å². The fourth-order valence-corrected chi connectivity index (χ4v) is 5.20. The zero-order chi connectivity index (χ0) is 26.3. The van der Waals surface area contributed by atoms with Gasteiger partial charge in [0.25, 0.3) is 5.56 Å². The van der Waals surface area contributed by atoms with Crippen molar-refractivity contribution in [2.45, 2.75) is 44.7 Å². The van der Waals surface area contributed by atoms with Gasteiger partial charge in [-0.25, -0.2) is 24.2 Å². The van der Waals surface area contributed by atoms with Crippen LogP contribution >= 0.6 is 23.7 Å². The number of azide groups is 1. The highest BCUT2D eigenvalue weighted by Crippen LogP contribution is 2.46. The predicted molar refractivity (Wildman–Crippen MR) is 131 cm³/mol. The topological polar surface area (TPSA) is 179 Å². The van der Waals surface area contributed by atoms with E-state index in [2.05, 4.69) is 40.9 Å². The van der Waals surface area contributed by atoms with Gasteiger partial charge in [-0.15, -0.1) is 0 Å². The minimum atomic E-state index is -4.00. The smallest absolute Gasteiger partial charge is 0.413 e. The molecule has 1 aliphatic rings. The van der Waals surface area contributed by atoms with Crippen LogP contribution in [0, 0.1) is 6.92 Å². The Hall–Kier alpha value is -2.48. The largest absolute Gasteiger partial charge is 0.459 e. The molecular weight excluding hydrogens is 563 g/mol. The zero-order valence-electron chi connectivity index (χ0n) is 19.7. The van der Waals surface area contributed by atoms with Crippen LogP contribution in [0.3, 0.4) is 0 Å². The van der Waals surface area contributed by atoms with Gasteiger partial charge in [-0.3, -0.25) is 18.9 Å². The van der Waals surface area contributed by atoms with E-state index in [1.54, 1.807) is 38.1 Å². The first-order chi connectivity index (χ1) is 17.1.